The minimum absolute atomic E-state index is 0.650. The summed E-state index contributed by atoms with van der Waals surface area (Å²) in [7, 11) is 0. The highest BCUT2D eigenvalue weighted by atomic mass is 14.9. The van der Waals surface area contributed by atoms with E-state index in [1.165, 1.54) is 10.8 Å². The Balaban J connectivity index is 1.51. The van der Waals surface area contributed by atoms with E-state index in [9.17, 15) is 5.26 Å². The Morgan fingerprint density at radius 2 is 1.16 bits per heavy atom. The number of rotatable bonds is 3. The first kappa shape index (κ1) is 21.9. The number of aromatic nitrogens is 2. The summed E-state index contributed by atoms with van der Waals surface area (Å²) < 4.78 is 0. The van der Waals surface area contributed by atoms with Crippen molar-refractivity contribution in [2.45, 2.75) is 0 Å². The van der Waals surface area contributed by atoms with Gasteiger partial charge in [-0.25, -0.2) is 9.97 Å². The molecule has 0 fully saturated rings. The Hall–Kier alpha value is -5.33. The van der Waals surface area contributed by atoms with Crippen LogP contribution in [0.2, 0.25) is 0 Å². The number of hydrogen-bond acceptors (Lipinski definition) is 3. The van der Waals surface area contributed by atoms with Crippen molar-refractivity contribution in [1.82, 2.24) is 9.97 Å². The molecule has 0 spiro atoms. The van der Waals surface area contributed by atoms with Crippen LogP contribution in [0.25, 0.3) is 66.1 Å². The third-order valence-corrected chi connectivity index (χ3v) is 7.11. The summed E-state index contributed by atoms with van der Waals surface area (Å²) in [4.78, 5) is 9.71. The van der Waals surface area contributed by atoms with Gasteiger partial charge in [0.2, 0.25) is 0 Å². The van der Waals surface area contributed by atoms with Gasteiger partial charge in [-0.2, -0.15) is 5.26 Å². The minimum Gasteiger partial charge on any atom is -0.236 e. The van der Waals surface area contributed by atoms with Crippen molar-refractivity contribution < 1.29 is 0 Å². The SMILES string of the molecule is N#Cc1ccc(-c2cc3ccccc3cc2-c2cc(-c3ncc4ccccc4n3)c3ccccc3c2)cc1. The Kier molecular flexibility index (Phi) is 5.17. The molecule has 0 aliphatic heterocycles. The lowest BCUT2D eigenvalue weighted by molar-refractivity contribution is 1.23. The molecule has 3 heteroatoms. The average Bonchev–Trinajstić information content (AvgIpc) is 2.99. The molecule has 1 heterocycles. The van der Waals surface area contributed by atoms with Gasteiger partial charge in [-0.15, -0.1) is 0 Å². The van der Waals surface area contributed by atoms with Crippen LogP contribution in [-0.4, -0.2) is 9.97 Å². The maximum Gasteiger partial charge on any atom is 0.160 e. The molecule has 0 radical (unpaired) electrons. The van der Waals surface area contributed by atoms with Gasteiger partial charge >= 0.3 is 0 Å². The number of hydrogen-bond donors (Lipinski definition) is 0. The molecule has 176 valence electrons. The van der Waals surface area contributed by atoms with E-state index >= 15 is 0 Å². The van der Waals surface area contributed by atoms with Crippen LogP contribution >= 0.6 is 0 Å². The summed E-state index contributed by atoms with van der Waals surface area (Å²) in [5.41, 5.74) is 6.99. The topological polar surface area (TPSA) is 49.6 Å². The maximum absolute atomic E-state index is 9.32. The van der Waals surface area contributed by atoms with Gasteiger partial charge in [-0.3, -0.25) is 0 Å². The van der Waals surface area contributed by atoms with Gasteiger partial charge in [0.25, 0.3) is 0 Å². The van der Waals surface area contributed by atoms with Crippen LogP contribution in [0.3, 0.4) is 0 Å². The largest absolute Gasteiger partial charge is 0.236 e. The monoisotopic (exact) mass is 483 g/mol. The third-order valence-electron chi connectivity index (χ3n) is 7.11. The number of nitrogens with zero attached hydrogens (tertiary/aromatic N) is 3. The Morgan fingerprint density at radius 3 is 1.89 bits per heavy atom. The third kappa shape index (κ3) is 3.77. The van der Waals surface area contributed by atoms with Crippen molar-refractivity contribution in [2.75, 3.05) is 0 Å². The lowest BCUT2D eigenvalue weighted by Gasteiger charge is -2.15. The molecular weight excluding hydrogens is 462 g/mol. The fourth-order valence-electron chi connectivity index (χ4n) is 5.20. The van der Waals surface area contributed by atoms with E-state index < -0.39 is 0 Å². The molecule has 0 aliphatic carbocycles. The van der Waals surface area contributed by atoms with E-state index in [0.29, 0.717) is 11.4 Å². The van der Waals surface area contributed by atoms with Crippen LogP contribution in [0.15, 0.2) is 128 Å². The Bertz CT molecular complexity index is 2030. The van der Waals surface area contributed by atoms with Gasteiger partial charge < -0.3 is 0 Å². The van der Waals surface area contributed by atoms with Crippen molar-refractivity contribution >= 4 is 32.4 Å². The molecule has 6 aromatic carbocycles. The van der Waals surface area contributed by atoms with Crippen molar-refractivity contribution in [2.24, 2.45) is 0 Å². The van der Waals surface area contributed by atoms with Gasteiger partial charge in [-0.05, 0) is 86.3 Å². The van der Waals surface area contributed by atoms with Crippen molar-refractivity contribution in [3.63, 3.8) is 0 Å². The predicted octanol–water partition coefficient (Wildman–Crippen LogP) is 8.81. The predicted molar refractivity (Wildman–Crippen MR) is 156 cm³/mol. The van der Waals surface area contributed by atoms with Gasteiger partial charge in [0.1, 0.15) is 0 Å². The lowest BCUT2D eigenvalue weighted by Crippen LogP contribution is -1.93. The van der Waals surface area contributed by atoms with E-state index in [-0.39, 0.29) is 0 Å². The van der Waals surface area contributed by atoms with Gasteiger partial charge in [0, 0.05) is 17.1 Å². The summed E-state index contributed by atoms with van der Waals surface area (Å²) in [6.07, 6.45) is 1.90. The zero-order valence-corrected chi connectivity index (χ0v) is 20.5. The van der Waals surface area contributed by atoms with Crippen LogP contribution < -0.4 is 0 Å². The first-order chi connectivity index (χ1) is 18.8. The molecule has 3 nitrogen and oxygen atoms in total. The Morgan fingerprint density at radius 1 is 0.526 bits per heavy atom. The number of nitriles is 1. The molecule has 7 rings (SSSR count). The molecule has 0 unspecified atom stereocenters. The highest BCUT2D eigenvalue weighted by Crippen LogP contribution is 2.39. The molecule has 1 aromatic heterocycles. The highest BCUT2D eigenvalue weighted by Gasteiger charge is 2.15. The molecule has 0 bridgehead atoms. The lowest BCUT2D eigenvalue weighted by atomic mass is 9.89. The summed E-state index contributed by atoms with van der Waals surface area (Å²) in [5, 5.41) is 14.9. The van der Waals surface area contributed by atoms with E-state index in [0.717, 1.165) is 49.5 Å². The van der Waals surface area contributed by atoms with E-state index in [1.807, 2.05) is 54.7 Å². The summed E-state index contributed by atoms with van der Waals surface area (Å²) in [6, 6.07) is 43.9. The second-order valence-corrected chi connectivity index (χ2v) is 9.43. The molecule has 0 saturated heterocycles. The fourth-order valence-corrected chi connectivity index (χ4v) is 5.20. The second kappa shape index (κ2) is 8.96. The second-order valence-electron chi connectivity index (χ2n) is 9.43. The Labute approximate surface area is 220 Å². The smallest absolute Gasteiger partial charge is 0.160 e. The average molecular weight is 484 g/mol. The van der Waals surface area contributed by atoms with E-state index in [1.54, 1.807) is 0 Å². The van der Waals surface area contributed by atoms with Crippen molar-refractivity contribution in [3.05, 3.63) is 133 Å². The normalized spacial score (nSPS) is 11.1. The molecule has 38 heavy (non-hydrogen) atoms. The van der Waals surface area contributed by atoms with Gasteiger partial charge in [0.05, 0.1) is 17.1 Å². The fraction of sp³-hybridized carbons (Fsp3) is 0. The zero-order chi connectivity index (χ0) is 25.5. The van der Waals surface area contributed by atoms with Crippen LogP contribution in [0.5, 0.6) is 0 Å². The summed E-state index contributed by atoms with van der Waals surface area (Å²) in [5.74, 6) is 0.711. The molecule has 0 atom stereocenters. The maximum atomic E-state index is 9.32. The highest BCUT2D eigenvalue weighted by molar-refractivity contribution is 6.03. The molecule has 0 saturated carbocycles. The number of fused-ring (bicyclic) bond motifs is 3. The molecule has 7 aromatic rings. The number of benzene rings is 6. The van der Waals surface area contributed by atoms with Crippen molar-refractivity contribution in [3.8, 4) is 39.7 Å². The standard InChI is InChI=1S/C35H21N3/c36-21-23-13-15-24(16-14-23)31-18-25-7-1-2-8-26(25)19-32(31)29-17-27-9-3-5-11-30(27)33(20-29)35-37-22-28-10-4-6-12-34(28)38-35/h1-20,22H. The summed E-state index contributed by atoms with van der Waals surface area (Å²) >= 11 is 0. The molecule has 0 amide bonds. The first-order valence-electron chi connectivity index (χ1n) is 12.6. The van der Waals surface area contributed by atoms with Crippen LogP contribution in [0.4, 0.5) is 0 Å². The van der Waals surface area contributed by atoms with Gasteiger partial charge in [-0.1, -0.05) is 78.9 Å². The van der Waals surface area contributed by atoms with Gasteiger partial charge in [0.15, 0.2) is 5.82 Å². The zero-order valence-electron chi connectivity index (χ0n) is 20.5. The van der Waals surface area contributed by atoms with Crippen LogP contribution in [0, 0.1) is 11.3 Å². The van der Waals surface area contributed by atoms with Crippen molar-refractivity contribution in [1.29, 1.82) is 5.26 Å². The van der Waals surface area contributed by atoms with Crippen LogP contribution in [-0.2, 0) is 0 Å². The molecule has 0 aliphatic rings. The molecular formula is C35H21N3. The molecule has 0 N–H and O–H groups in total. The van der Waals surface area contributed by atoms with E-state index in [2.05, 4.69) is 78.9 Å². The van der Waals surface area contributed by atoms with Crippen LogP contribution in [0.1, 0.15) is 5.56 Å². The first-order valence-corrected chi connectivity index (χ1v) is 12.6. The quantitative estimate of drug-likeness (QED) is 0.252. The van der Waals surface area contributed by atoms with E-state index in [4.69, 9.17) is 9.97 Å². The number of para-hydroxylation sites is 1. The minimum atomic E-state index is 0.650. The summed E-state index contributed by atoms with van der Waals surface area (Å²) in [6.45, 7) is 0.